The Morgan fingerprint density at radius 3 is 1.53 bits per heavy atom. The fraction of sp³-hybridized carbons (Fsp3) is 1.00. The minimum absolute atomic E-state index is 0.171. The standard InChI is InChI=1S/C12H27O2P/c1-4-7-10-12(9-6-3,15(13)14)11-8-5-2/h13-14H,4-11H2,1-3H3. The van der Waals surface area contributed by atoms with E-state index in [0.29, 0.717) is 0 Å². The van der Waals surface area contributed by atoms with Gasteiger partial charge in [-0.3, -0.25) is 0 Å². The number of unbranched alkanes of at least 4 members (excludes halogenated alkanes) is 2. The third kappa shape index (κ3) is 5.29. The molecule has 0 saturated carbocycles. The van der Waals surface area contributed by atoms with Gasteiger partial charge in [0.2, 0.25) is 0 Å². The zero-order valence-corrected chi connectivity index (χ0v) is 11.4. The lowest BCUT2D eigenvalue weighted by Crippen LogP contribution is -2.26. The molecule has 92 valence electrons. The van der Waals surface area contributed by atoms with Crippen molar-refractivity contribution in [2.75, 3.05) is 0 Å². The van der Waals surface area contributed by atoms with Crippen LogP contribution in [-0.2, 0) is 0 Å². The predicted molar refractivity (Wildman–Crippen MR) is 68.0 cm³/mol. The Labute approximate surface area is 96.0 Å². The zero-order valence-electron chi connectivity index (χ0n) is 10.5. The Bertz CT molecular complexity index is 141. The Morgan fingerprint density at radius 1 is 0.800 bits per heavy atom. The van der Waals surface area contributed by atoms with Crippen LogP contribution in [0.15, 0.2) is 0 Å². The van der Waals surface area contributed by atoms with Gasteiger partial charge < -0.3 is 9.79 Å². The fourth-order valence-electron chi connectivity index (χ4n) is 2.15. The lowest BCUT2D eigenvalue weighted by Gasteiger charge is -2.34. The van der Waals surface area contributed by atoms with Crippen molar-refractivity contribution < 1.29 is 9.79 Å². The third-order valence-electron chi connectivity index (χ3n) is 3.13. The molecule has 0 unspecified atom stereocenters. The largest absolute Gasteiger partial charge is 0.350 e. The Morgan fingerprint density at radius 2 is 1.27 bits per heavy atom. The van der Waals surface area contributed by atoms with E-state index >= 15 is 0 Å². The maximum Gasteiger partial charge on any atom is 0.171 e. The summed E-state index contributed by atoms with van der Waals surface area (Å²) < 4.78 is 0. The fourth-order valence-corrected chi connectivity index (χ4v) is 3.29. The molecule has 0 rings (SSSR count). The van der Waals surface area contributed by atoms with Crippen LogP contribution in [0.1, 0.15) is 72.1 Å². The molecule has 0 atom stereocenters. The van der Waals surface area contributed by atoms with Gasteiger partial charge in [-0.15, -0.1) is 0 Å². The highest BCUT2D eigenvalue weighted by Crippen LogP contribution is 2.51. The third-order valence-corrected chi connectivity index (χ3v) is 4.65. The predicted octanol–water partition coefficient (Wildman–Crippen LogP) is 4.20. The van der Waals surface area contributed by atoms with E-state index in [1.165, 1.54) is 0 Å². The van der Waals surface area contributed by atoms with Gasteiger partial charge in [-0.05, 0) is 19.3 Å². The summed E-state index contributed by atoms with van der Waals surface area (Å²) in [7, 11) is -1.78. The monoisotopic (exact) mass is 234 g/mol. The van der Waals surface area contributed by atoms with Gasteiger partial charge in [0.05, 0.1) is 0 Å². The average molecular weight is 234 g/mol. The van der Waals surface area contributed by atoms with E-state index in [1.807, 2.05) is 0 Å². The topological polar surface area (TPSA) is 40.5 Å². The van der Waals surface area contributed by atoms with Crippen molar-refractivity contribution in [3.8, 4) is 0 Å². The molecular formula is C12H27O2P. The summed E-state index contributed by atoms with van der Waals surface area (Å²) in [5, 5.41) is -0.171. The van der Waals surface area contributed by atoms with Gasteiger partial charge in [-0.2, -0.15) is 0 Å². The molecule has 0 aliphatic carbocycles. The van der Waals surface area contributed by atoms with E-state index in [0.717, 1.165) is 51.4 Å². The molecule has 0 aliphatic heterocycles. The second-order valence-electron chi connectivity index (χ2n) is 4.47. The van der Waals surface area contributed by atoms with E-state index < -0.39 is 8.38 Å². The Kier molecular flexibility index (Phi) is 8.69. The molecule has 0 saturated heterocycles. The van der Waals surface area contributed by atoms with Crippen LogP contribution in [0.3, 0.4) is 0 Å². The summed E-state index contributed by atoms with van der Waals surface area (Å²) in [6.45, 7) is 6.45. The van der Waals surface area contributed by atoms with Gasteiger partial charge in [0.1, 0.15) is 0 Å². The van der Waals surface area contributed by atoms with Crippen LogP contribution in [0.2, 0.25) is 0 Å². The quantitative estimate of drug-likeness (QED) is 0.587. The van der Waals surface area contributed by atoms with Gasteiger partial charge in [-0.25, -0.2) is 0 Å². The van der Waals surface area contributed by atoms with Crippen LogP contribution >= 0.6 is 8.38 Å². The van der Waals surface area contributed by atoms with Gasteiger partial charge in [-0.1, -0.05) is 52.9 Å². The van der Waals surface area contributed by atoms with Crippen molar-refractivity contribution in [3.63, 3.8) is 0 Å². The molecule has 0 amide bonds. The highest BCUT2D eigenvalue weighted by Gasteiger charge is 2.35. The normalized spacial score (nSPS) is 12.4. The molecule has 0 fully saturated rings. The first-order valence-corrected chi connectivity index (χ1v) is 7.55. The zero-order chi connectivity index (χ0) is 11.7. The molecule has 0 bridgehead atoms. The van der Waals surface area contributed by atoms with Gasteiger partial charge in [0.15, 0.2) is 8.38 Å². The van der Waals surface area contributed by atoms with E-state index in [1.54, 1.807) is 0 Å². The molecule has 0 aliphatic rings. The molecule has 2 N–H and O–H groups in total. The van der Waals surface area contributed by atoms with Gasteiger partial charge in [0.25, 0.3) is 0 Å². The van der Waals surface area contributed by atoms with Gasteiger partial charge >= 0.3 is 0 Å². The molecule has 0 heterocycles. The van der Waals surface area contributed by atoms with Crippen molar-refractivity contribution in [2.45, 2.75) is 77.3 Å². The van der Waals surface area contributed by atoms with Gasteiger partial charge in [0, 0.05) is 5.16 Å². The summed E-state index contributed by atoms with van der Waals surface area (Å²) in [5.74, 6) is 0. The summed E-state index contributed by atoms with van der Waals surface area (Å²) >= 11 is 0. The van der Waals surface area contributed by atoms with Crippen LogP contribution < -0.4 is 0 Å². The van der Waals surface area contributed by atoms with Crippen LogP contribution in [0.4, 0.5) is 0 Å². The lowest BCUT2D eigenvalue weighted by atomic mass is 9.90. The smallest absolute Gasteiger partial charge is 0.171 e. The highest BCUT2D eigenvalue weighted by molar-refractivity contribution is 7.47. The molecule has 2 nitrogen and oxygen atoms in total. The van der Waals surface area contributed by atoms with Crippen LogP contribution in [0.25, 0.3) is 0 Å². The second kappa shape index (κ2) is 8.50. The molecule has 3 heteroatoms. The summed E-state index contributed by atoms with van der Waals surface area (Å²) in [4.78, 5) is 19.3. The maximum atomic E-state index is 9.67. The van der Waals surface area contributed by atoms with E-state index in [4.69, 9.17) is 0 Å². The number of rotatable bonds is 9. The average Bonchev–Trinajstić information content (AvgIpc) is 2.22. The summed E-state index contributed by atoms with van der Waals surface area (Å²) in [5.41, 5.74) is 0. The SMILES string of the molecule is CCCCC(CCC)(CCCC)P(O)O. The molecule has 0 radical (unpaired) electrons. The molecule has 0 aromatic carbocycles. The van der Waals surface area contributed by atoms with Crippen molar-refractivity contribution in [1.82, 2.24) is 0 Å². The van der Waals surface area contributed by atoms with Crippen molar-refractivity contribution in [3.05, 3.63) is 0 Å². The first-order valence-electron chi connectivity index (χ1n) is 6.31. The highest BCUT2D eigenvalue weighted by atomic mass is 31.2. The lowest BCUT2D eigenvalue weighted by molar-refractivity contribution is 0.349. The number of hydrogen-bond donors (Lipinski definition) is 2. The van der Waals surface area contributed by atoms with Crippen LogP contribution in [0, 0.1) is 0 Å². The minimum Gasteiger partial charge on any atom is -0.350 e. The maximum absolute atomic E-state index is 9.67. The number of hydrogen-bond acceptors (Lipinski definition) is 2. The molecule has 0 aromatic heterocycles. The minimum atomic E-state index is -1.78. The Balaban J connectivity index is 4.41. The van der Waals surface area contributed by atoms with E-state index in [9.17, 15) is 9.79 Å². The molecule has 0 spiro atoms. The van der Waals surface area contributed by atoms with Crippen molar-refractivity contribution in [2.24, 2.45) is 0 Å². The van der Waals surface area contributed by atoms with Crippen LogP contribution in [-0.4, -0.2) is 14.9 Å². The van der Waals surface area contributed by atoms with Crippen molar-refractivity contribution in [1.29, 1.82) is 0 Å². The first kappa shape index (κ1) is 15.3. The van der Waals surface area contributed by atoms with E-state index in [2.05, 4.69) is 20.8 Å². The van der Waals surface area contributed by atoms with Crippen LogP contribution in [0.5, 0.6) is 0 Å². The second-order valence-corrected chi connectivity index (χ2v) is 6.00. The molecule has 0 aromatic rings. The molecule has 15 heavy (non-hydrogen) atoms. The summed E-state index contributed by atoms with van der Waals surface area (Å²) in [6.07, 6.45) is 8.49. The Hall–Kier alpha value is 0.350. The summed E-state index contributed by atoms with van der Waals surface area (Å²) in [6, 6.07) is 0. The molecular weight excluding hydrogens is 207 g/mol. The van der Waals surface area contributed by atoms with Crippen molar-refractivity contribution >= 4 is 8.38 Å². The van der Waals surface area contributed by atoms with E-state index in [-0.39, 0.29) is 5.16 Å². The first-order chi connectivity index (χ1) is 7.13.